The highest BCUT2D eigenvalue weighted by molar-refractivity contribution is 6.32. The summed E-state index contributed by atoms with van der Waals surface area (Å²) in [5, 5.41) is 8.03. The predicted octanol–water partition coefficient (Wildman–Crippen LogP) is 4.72. The molecule has 0 aliphatic rings. The molecule has 0 spiro atoms. The number of nitrogens with zero attached hydrogens (tertiary/aromatic N) is 1. The van der Waals surface area contributed by atoms with E-state index >= 15 is 0 Å². The molecular formula is C19H22ClN3O4. The fourth-order valence-corrected chi connectivity index (χ4v) is 2.74. The van der Waals surface area contributed by atoms with Gasteiger partial charge in [-0.05, 0) is 39.8 Å². The van der Waals surface area contributed by atoms with E-state index < -0.39 is 11.7 Å². The first-order chi connectivity index (χ1) is 12.7. The number of carbonyl (C=O) groups excluding carboxylic acids is 1. The Morgan fingerprint density at radius 2 is 2.07 bits per heavy atom. The Balaban J connectivity index is 1.67. The standard InChI is InChI=1S/C19H22ClN3O4/c1-11-5-14(23-27-11)10-25-17-8-16-12(7-15(17)20)6-13(22-16)9-21-18(24)26-19(2,3)4/h5-8,22H,9-10H2,1-4H3,(H,21,24). The zero-order chi connectivity index (χ0) is 19.6. The van der Waals surface area contributed by atoms with Gasteiger partial charge in [-0.3, -0.25) is 0 Å². The van der Waals surface area contributed by atoms with Crippen molar-refractivity contribution in [3.63, 3.8) is 0 Å². The fourth-order valence-electron chi connectivity index (χ4n) is 2.52. The summed E-state index contributed by atoms with van der Waals surface area (Å²) in [5.41, 5.74) is 1.84. The second-order valence-electron chi connectivity index (χ2n) is 7.24. The molecule has 144 valence electrons. The minimum absolute atomic E-state index is 0.260. The molecule has 27 heavy (non-hydrogen) atoms. The molecular weight excluding hydrogens is 370 g/mol. The number of amides is 1. The van der Waals surface area contributed by atoms with Crippen LogP contribution in [0.3, 0.4) is 0 Å². The molecule has 7 nitrogen and oxygen atoms in total. The number of alkyl carbamates (subject to hydrolysis) is 1. The van der Waals surface area contributed by atoms with Gasteiger partial charge in [0.05, 0.1) is 11.6 Å². The number of aryl methyl sites for hydroxylation is 1. The van der Waals surface area contributed by atoms with Gasteiger partial charge in [0, 0.05) is 28.7 Å². The van der Waals surface area contributed by atoms with Crippen LogP contribution in [0.15, 0.2) is 28.8 Å². The maximum Gasteiger partial charge on any atom is 0.407 e. The Labute approximate surface area is 162 Å². The lowest BCUT2D eigenvalue weighted by molar-refractivity contribution is 0.0523. The number of hydrogen-bond acceptors (Lipinski definition) is 5. The van der Waals surface area contributed by atoms with Crippen molar-refractivity contribution in [2.75, 3.05) is 0 Å². The lowest BCUT2D eigenvalue weighted by Crippen LogP contribution is -2.32. The Hall–Kier alpha value is -2.67. The van der Waals surface area contributed by atoms with Crippen LogP contribution in [0.25, 0.3) is 10.9 Å². The van der Waals surface area contributed by atoms with Gasteiger partial charge in [-0.15, -0.1) is 0 Å². The number of benzene rings is 1. The number of hydrogen-bond donors (Lipinski definition) is 2. The third-order valence-corrected chi connectivity index (χ3v) is 3.90. The molecule has 1 amide bonds. The van der Waals surface area contributed by atoms with E-state index in [9.17, 15) is 4.79 Å². The quantitative estimate of drug-likeness (QED) is 0.656. The van der Waals surface area contributed by atoms with Crippen LogP contribution in [0.5, 0.6) is 5.75 Å². The van der Waals surface area contributed by atoms with Crippen molar-refractivity contribution in [3.8, 4) is 5.75 Å². The number of H-pyrrole nitrogens is 1. The van der Waals surface area contributed by atoms with Crippen LogP contribution in [0.2, 0.25) is 5.02 Å². The summed E-state index contributed by atoms with van der Waals surface area (Å²) >= 11 is 6.31. The number of halogens is 1. The Morgan fingerprint density at radius 3 is 2.74 bits per heavy atom. The summed E-state index contributed by atoms with van der Waals surface area (Å²) < 4.78 is 16.0. The second kappa shape index (κ2) is 7.52. The van der Waals surface area contributed by atoms with Crippen molar-refractivity contribution < 1.29 is 18.8 Å². The van der Waals surface area contributed by atoms with E-state index in [0.717, 1.165) is 22.4 Å². The number of fused-ring (bicyclic) bond motifs is 1. The average Bonchev–Trinajstić information content (AvgIpc) is 3.14. The largest absolute Gasteiger partial charge is 0.486 e. The minimum atomic E-state index is -0.535. The molecule has 0 atom stereocenters. The Bertz CT molecular complexity index is 956. The van der Waals surface area contributed by atoms with Gasteiger partial charge in [0.15, 0.2) is 0 Å². The molecule has 1 aromatic carbocycles. The fraction of sp³-hybridized carbons (Fsp3) is 0.368. The maximum absolute atomic E-state index is 11.8. The molecule has 0 fully saturated rings. The molecule has 0 saturated carbocycles. The van der Waals surface area contributed by atoms with E-state index in [2.05, 4.69) is 15.5 Å². The molecule has 2 aromatic heterocycles. The van der Waals surface area contributed by atoms with Crippen molar-refractivity contribution in [1.29, 1.82) is 0 Å². The SMILES string of the molecule is Cc1cc(COc2cc3[nH]c(CNC(=O)OC(C)(C)C)cc3cc2Cl)no1. The van der Waals surface area contributed by atoms with Crippen molar-refractivity contribution in [2.24, 2.45) is 0 Å². The number of carbonyl (C=O) groups is 1. The first-order valence-electron chi connectivity index (χ1n) is 8.52. The molecule has 2 heterocycles. The van der Waals surface area contributed by atoms with E-state index in [1.807, 2.05) is 52.0 Å². The van der Waals surface area contributed by atoms with Gasteiger partial charge >= 0.3 is 6.09 Å². The lowest BCUT2D eigenvalue weighted by Gasteiger charge is -2.19. The summed E-state index contributed by atoms with van der Waals surface area (Å²) in [6, 6.07) is 7.36. The highest BCUT2D eigenvalue weighted by atomic mass is 35.5. The van der Waals surface area contributed by atoms with Gasteiger partial charge in [-0.25, -0.2) is 4.79 Å². The van der Waals surface area contributed by atoms with Crippen LogP contribution in [-0.4, -0.2) is 21.8 Å². The van der Waals surface area contributed by atoms with Crippen molar-refractivity contribution in [3.05, 3.63) is 46.4 Å². The summed E-state index contributed by atoms with van der Waals surface area (Å²) in [6.45, 7) is 7.85. The molecule has 0 saturated heterocycles. The Kier molecular flexibility index (Phi) is 5.32. The summed E-state index contributed by atoms with van der Waals surface area (Å²) in [6.07, 6.45) is -0.467. The normalized spacial score (nSPS) is 11.6. The minimum Gasteiger partial charge on any atom is -0.486 e. The molecule has 3 aromatic rings. The number of aromatic nitrogens is 2. The van der Waals surface area contributed by atoms with Crippen molar-refractivity contribution in [1.82, 2.24) is 15.5 Å². The van der Waals surface area contributed by atoms with Crippen LogP contribution < -0.4 is 10.1 Å². The number of nitrogens with one attached hydrogen (secondary N) is 2. The van der Waals surface area contributed by atoms with Gasteiger partial charge < -0.3 is 24.3 Å². The summed E-state index contributed by atoms with van der Waals surface area (Å²) in [4.78, 5) is 15.0. The summed E-state index contributed by atoms with van der Waals surface area (Å²) in [5.74, 6) is 1.26. The number of rotatable bonds is 5. The molecule has 3 rings (SSSR count). The molecule has 0 aliphatic heterocycles. The number of ether oxygens (including phenoxy) is 2. The van der Waals surface area contributed by atoms with Gasteiger partial charge in [-0.2, -0.15) is 0 Å². The van der Waals surface area contributed by atoms with Crippen molar-refractivity contribution in [2.45, 2.75) is 46.4 Å². The van der Waals surface area contributed by atoms with Gasteiger partial charge in [0.25, 0.3) is 0 Å². The first-order valence-corrected chi connectivity index (χ1v) is 8.90. The van der Waals surface area contributed by atoms with E-state index in [1.165, 1.54) is 0 Å². The third kappa shape index (κ3) is 5.17. The van der Waals surface area contributed by atoms with Crippen molar-refractivity contribution >= 4 is 28.6 Å². The second-order valence-corrected chi connectivity index (χ2v) is 7.64. The highest BCUT2D eigenvalue weighted by Gasteiger charge is 2.16. The Morgan fingerprint density at radius 1 is 1.30 bits per heavy atom. The van der Waals surface area contributed by atoms with E-state index in [-0.39, 0.29) is 6.61 Å². The molecule has 2 N–H and O–H groups in total. The predicted molar refractivity (Wildman–Crippen MR) is 102 cm³/mol. The monoisotopic (exact) mass is 391 g/mol. The average molecular weight is 392 g/mol. The van der Waals surface area contributed by atoms with E-state index in [0.29, 0.717) is 23.0 Å². The molecule has 0 bridgehead atoms. The van der Waals surface area contributed by atoms with Gasteiger partial charge in [-0.1, -0.05) is 16.8 Å². The number of aromatic amines is 1. The van der Waals surface area contributed by atoms with Crippen LogP contribution in [-0.2, 0) is 17.9 Å². The third-order valence-electron chi connectivity index (χ3n) is 3.60. The van der Waals surface area contributed by atoms with Gasteiger partial charge in [0.2, 0.25) is 0 Å². The zero-order valence-electron chi connectivity index (χ0n) is 15.7. The highest BCUT2D eigenvalue weighted by Crippen LogP contribution is 2.31. The lowest BCUT2D eigenvalue weighted by atomic mass is 10.2. The van der Waals surface area contributed by atoms with Crippen LogP contribution in [0.4, 0.5) is 4.79 Å². The molecule has 0 aliphatic carbocycles. The smallest absolute Gasteiger partial charge is 0.407 e. The summed E-state index contributed by atoms with van der Waals surface area (Å²) in [7, 11) is 0. The van der Waals surface area contributed by atoms with Gasteiger partial charge in [0.1, 0.15) is 29.4 Å². The van der Waals surface area contributed by atoms with Crippen LogP contribution in [0.1, 0.15) is 37.9 Å². The molecule has 0 radical (unpaired) electrons. The molecule has 0 unspecified atom stereocenters. The maximum atomic E-state index is 11.8. The van der Waals surface area contributed by atoms with Crippen LogP contribution in [0, 0.1) is 6.92 Å². The molecule has 8 heteroatoms. The topological polar surface area (TPSA) is 89.4 Å². The first kappa shape index (κ1) is 19.1. The van der Waals surface area contributed by atoms with E-state index in [1.54, 1.807) is 0 Å². The van der Waals surface area contributed by atoms with E-state index in [4.69, 9.17) is 25.6 Å². The zero-order valence-corrected chi connectivity index (χ0v) is 16.4. The van der Waals surface area contributed by atoms with Crippen LogP contribution >= 0.6 is 11.6 Å².